The van der Waals surface area contributed by atoms with Crippen molar-refractivity contribution in [2.45, 2.75) is 58.4 Å². The average Bonchev–Trinajstić information content (AvgIpc) is 2.99. The molecule has 5 heteroatoms. The number of aryl methyl sites for hydroxylation is 2. The molecule has 0 bridgehead atoms. The van der Waals surface area contributed by atoms with E-state index in [1.54, 1.807) is 0 Å². The third-order valence-corrected chi connectivity index (χ3v) is 4.57. The van der Waals surface area contributed by atoms with E-state index in [2.05, 4.69) is 17.0 Å². The van der Waals surface area contributed by atoms with Crippen molar-refractivity contribution in [3.05, 3.63) is 17.0 Å². The van der Waals surface area contributed by atoms with Gasteiger partial charge in [-0.3, -0.25) is 4.90 Å². The highest BCUT2D eigenvalue weighted by atomic mass is 16.5. The van der Waals surface area contributed by atoms with Gasteiger partial charge in [-0.25, -0.2) is 0 Å². The van der Waals surface area contributed by atoms with Gasteiger partial charge in [-0.15, -0.1) is 0 Å². The fourth-order valence-electron chi connectivity index (χ4n) is 3.51. The number of hydrogen-bond acceptors (Lipinski definition) is 5. The predicted molar refractivity (Wildman–Crippen MR) is 74.6 cm³/mol. The van der Waals surface area contributed by atoms with Crippen LogP contribution in [0.3, 0.4) is 0 Å². The van der Waals surface area contributed by atoms with Crippen molar-refractivity contribution in [2.75, 3.05) is 19.8 Å². The highest BCUT2D eigenvalue weighted by Gasteiger charge is 2.43. The molecule has 5 nitrogen and oxygen atoms in total. The van der Waals surface area contributed by atoms with Gasteiger partial charge in [0.05, 0.1) is 24.5 Å². The van der Waals surface area contributed by atoms with Crippen molar-refractivity contribution in [3.8, 4) is 0 Å². The van der Waals surface area contributed by atoms with Crippen LogP contribution in [0.5, 0.6) is 0 Å². The molecule has 1 aliphatic heterocycles. The van der Waals surface area contributed by atoms with Crippen LogP contribution in [0.2, 0.25) is 0 Å². The minimum atomic E-state index is 0.226. The van der Waals surface area contributed by atoms with Crippen molar-refractivity contribution < 1.29 is 14.0 Å². The van der Waals surface area contributed by atoms with Crippen molar-refractivity contribution >= 4 is 0 Å². The van der Waals surface area contributed by atoms with E-state index in [4.69, 9.17) is 14.0 Å². The summed E-state index contributed by atoms with van der Waals surface area (Å²) in [7, 11) is 0. The second kappa shape index (κ2) is 5.84. The molecule has 1 aromatic rings. The van der Waals surface area contributed by atoms with Crippen LogP contribution in [0.15, 0.2) is 4.52 Å². The summed E-state index contributed by atoms with van der Waals surface area (Å²) >= 11 is 0. The van der Waals surface area contributed by atoms with Crippen LogP contribution >= 0.6 is 0 Å². The van der Waals surface area contributed by atoms with Crippen LogP contribution in [-0.2, 0) is 16.0 Å². The monoisotopic (exact) mass is 280 g/mol. The topological polar surface area (TPSA) is 47.7 Å². The molecule has 2 heterocycles. The molecular formula is C15H24N2O3. The lowest BCUT2D eigenvalue weighted by atomic mass is 10.1. The molecule has 0 spiro atoms. The summed E-state index contributed by atoms with van der Waals surface area (Å²) in [6.07, 6.45) is 2.74. The largest absolute Gasteiger partial charge is 0.376 e. The Morgan fingerprint density at radius 1 is 1.35 bits per heavy atom. The first-order valence-corrected chi connectivity index (χ1v) is 7.59. The van der Waals surface area contributed by atoms with Crippen molar-refractivity contribution in [2.24, 2.45) is 0 Å². The summed E-state index contributed by atoms with van der Waals surface area (Å²) in [5.74, 6) is 0.935. The van der Waals surface area contributed by atoms with Crippen LogP contribution in [0.25, 0.3) is 0 Å². The molecule has 3 rings (SSSR count). The summed E-state index contributed by atoms with van der Waals surface area (Å²) < 4.78 is 17.1. The first-order chi connectivity index (χ1) is 9.70. The lowest BCUT2D eigenvalue weighted by Crippen LogP contribution is -2.51. The molecule has 112 valence electrons. The van der Waals surface area contributed by atoms with Gasteiger partial charge in [0.1, 0.15) is 5.76 Å². The normalized spacial score (nSPS) is 30.6. The van der Waals surface area contributed by atoms with Gasteiger partial charge in [0.15, 0.2) is 0 Å². The molecule has 0 radical (unpaired) electrons. The Labute approximate surface area is 120 Å². The van der Waals surface area contributed by atoms with Gasteiger partial charge in [-0.1, -0.05) is 5.16 Å². The fourth-order valence-corrected chi connectivity index (χ4v) is 3.51. The van der Waals surface area contributed by atoms with Crippen LogP contribution in [0.4, 0.5) is 0 Å². The van der Waals surface area contributed by atoms with Gasteiger partial charge in [-0.2, -0.15) is 0 Å². The second-order valence-corrected chi connectivity index (χ2v) is 5.75. The summed E-state index contributed by atoms with van der Waals surface area (Å²) in [4.78, 5) is 2.51. The first kappa shape index (κ1) is 14.0. The highest BCUT2D eigenvalue weighted by molar-refractivity contribution is 5.21. The van der Waals surface area contributed by atoms with E-state index in [-0.39, 0.29) is 12.2 Å². The van der Waals surface area contributed by atoms with E-state index in [9.17, 15) is 0 Å². The summed E-state index contributed by atoms with van der Waals surface area (Å²) in [6, 6.07) is 0.467. The van der Waals surface area contributed by atoms with Gasteiger partial charge in [-0.05, 0) is 33.6 Å². The second-order valence-electron chi connectivity index (χ2n) is 5.75. The van der Waals surface area contributed by atoms with Crippen molar-refractivity contribution in [1.29, 1.82) is 0 Å². The van der Waals surface area contributed by atoms with Gasteiger partial charge < -0.3 is 14.0 Å². The maximum absolute atomic E-state index is 5.97. The highest BCUT2D eigenvalue weighted by Crippen LogP contribution is 2.33. The summed E-state index contributed by atoms with van der Waals surface area (Å²) in [6.45, 7) is 9.49. The third-order valence-electron chi connectivity index (χ3n) is 4.57. The van der Waals surface area contributed by atoms with Gasteiger partial charge >= 0.3 is 0 Å². The number of hydrogen-bond donors (Lipinski definition) is 0. The quantitative estimate of drug-likeness (QED) is 0.845. The number of morpholine rings is 1. The zero-order chi connectivity index (χ0) is 14.1. The SMILES string of the molecule is CCO[C@@H]1CC[C@H]2[C@H]1OCCN2Cc1c(C)noc1C. The van der Waals surface area contributed by atoms with E-state index in [1.165, 1.54) is 5.56 Å². The van der Waals surface area contributed by atoms with Crippen molar-refractivity contribution in [1.82, 2.24) is 10.1 Å². The van der Waals surface area contributed by atoms with Gasteiger partial charge in [0, 0.05) is 31.3 Å². The molecular weight excluding hydrogens is 256 g/mol. The molecule has 2 aliphatic rings. The Morgan fingerprint density at radius 2 is 2.20 bits per heavy atom. The molecule has 0 unspecified atom stereocenters. The molecule has 2 fully saturated rings. The molecule has 1 saturated heterocycles. The van der Waals surface area contributed by atoms with Crippen molar-refractivity contribution in [3.63, 3.8) is 0 Å². The van der Waals surface area contributed by atoms with Crippen LogP contribution in [-0.4, -0.2) is 48.1 Å². The molecule has 0 N–H and O–H groups in total. The Hall–Kier alpha value is -0.910. The van der Waals surface area contributed by atoms with E-state index in [0.29, 0.717) is 6.04 Å². The Balaban J connectivity index is 1.71. The standard InChI is InChI=1S/C15H24N2O3/c1-4-18-14-6-5-13-15(14)19-8-7-17(13)9-12-10(2)16-20-11(12)3/h13-15H,4-9H2,1-3H3/t13-,14+,15+/m0/s1. The molecule has 1 aromatic heterocycles. The lowest BCUT2D eigenvalue weighted by molar-refractivity contribution is -0.113. The number of rotatable bonds is 4. The zero-order valence-electron chi connectivity index (χ0n) is 12.6. The predicted octanol–water partition coefficient (Wildman–Crippen LogP) is 2.06. The summed E-state index contributed by atoms with van der Waals surface area (Å²) in [5, 5.41) is 4.05. The number of ether oxygens (including phenoxy) is 2. The van der Waals surface area contributed by atoms with Crippen LogP contribution < -0.4 is 0 Å². The first-order valence-electron chi connectivity index (χ1n) is 7.59. The van der Waals surface area contributed by atoms with Crippen LogP contribution in [0.1, 0.15) is 36.8 Å². The van der Waals surface area contributed by atoms with Gasteiger partial charge in [0.2, 0.25) is 0 Å². The molecule has 20 heavy (non-hydrogen) atoms. The number of aromatic nitrogens is 1. The summed E-state index contributed by atoms with van der Waals surface area (Å²) in [5.41, 5.74) is 2.23. The Bertz CT molecular complexity index is 440. The Morgan fingerprint density at radius 3 is 2.90 bits per heavy atom. The number of fused-ring (bicyclic) bond motifs is 1. The van der Waals surface area contributed by atoms with E-state index < -0.39 is 0 Å². The lowest BCUT2D eigenvalue weighted by Gasteiger charge is -2.39. The average molecular weight is 280 g/mol. The van der Waals surface area contributed by atoms with E-state index in [1.807, 2.05) is 13.8 Å². The minimum Gasteiger partial charge on any atom is -0.376 e. The molecule has 0 amide bonds. The smallest absolute Gasteiger partial charge is 0.138 e. The maximum atomic E-state index is 5.97. The molecule has 3 atom stereocenters. The molecule has 1 saturated carbocycles. The zero-order valence-corrected chi connectivity index (χ0v) is 12.6. The maximum Gasteiger partial charge on any atom is 0.138 e. The third kappa shape index (κ3) is 2.50. The molecule has 1 aliphatic carbocycles. The molecule has 0 aromatic carbocycles. The number of nitrogens with zero attached hydrogens (tertiary/aromatic N) is 2. The Kier molecular flexibility index (Phi) is 4.10. The fraction of sp³-hybridized carbons (Fsp3) is 0.800. The minimum absolute atomic E-state index is 0.226. The van der Waals surface area contributed by atoms with Gasteiger partial charge in [0.25, 0.3) is 0 Å². The van der Waals surface area contributed by atoms with E-state index in [0.717, 1.165) is 50.6 Å². The van der Waals surface area contributed by atoms with E-state index >= 15 is 0 Å². The van der Waals surface area contributed by atoms with Crippen LogP contribution in [0, 0.1) is 13.8 Å².